The fraction of sp³-hybridized carbons (Fsp3) is 0.231. The zero-order valence-electron chi connectivity index (χ0n) is 10.5. The van der Waals surface area contributed by atoms with E-state index in [4.69, 9.17) is 15.6 Å². The second-order valence-corrected chi connectivity index (χ2v) is 4.55. The van der Waals surface area contributed by atoms with Gasteiger partial charge in [0.1, 0.15) is 6.73 Å². The van der Waals surface area contributed by atoms with Gasteiger partial charge in [-0.3, -0.25) is 4.99 Å². The lowest BCUT2D eigenvalue weighted by Crippen LogP contribution is -2.20. The van der Waals surface area contributed by atoms with Gasteiger partial charge in [0.15, 0.2) is 6.10 Å². The van der Waals surface area contributed by atoms with Gasteiger partial charge in [0.05, 0.1) is 5.71 Å². The number of allylic oxidation sites excluding steroid dienone is 2. The number of nitrogens with two attached hydrogens (primary N) is 1. The third-order valence-electron chi connectivity index (χ3n) is 2.15. The predicted octanol–water partition coefficient (Wildman–Crippen LogP) is 2.12. The SMILES string of the molecule is CC(OC/N=C(/C=C\N)\C=C\c1cccs1)C(=O)O. The minimum Gasteiger partial charge on any atom is -0.479 e. The zero-order chi connectivity index (χ0) is 14.1. The lowest BCUT2D eigenvalue weighted by atomic mass is 10.3. The first-order valence-electron chi connectivity index (χ1n) is 5.62. The molecule has 0 aliphatic carbocycles. The smallest absolute Gasteiger partial charge is 0.332 e. The molecule has 0 fully saturated rings. The van der Waals surface area contributed by atoms with E-state index in [2.05, 4.69) is 4.99 Å². The molecule has 0 aliphatic heterocycles. The average molecular weight is 280 g/mol. The third kappa shape index (κ3) is 5.98. The van der Waals surface area contributed by atoms with E-state index in [0.29, 0.717) is 5.71 Å². The summed E-state index contributed by atoms with van der Waals surface area (Å²) in [6.07, 6.45) is 5.82. The fourth-order valence-electron chi connectivity index (χ4n) is 1.11. The molecule has 1 aromatic rings. The van der Waals surface area contributed by atoms with Gasteiger partial charge in [-0.1, -0.05) is 6.07 Å². The van der Waals surface area contributed by atoms with E-state index in [1.165, 1.54) is 13.1 Å². The molecule has 0 saturated heterocycles. The summed E-state index contributed by atoms with van der Waals surface area (Å²) in [5.41, 5.74) is 5.95. The molecule has 6 heteroatoms. The van der Waals surface area contributed by atoms with E-state index >= 15 is 0 Å². The van der Waals surface area contributed by atoms with Crippen LogP contribution in [0.25, 0.3) is 6.08 Å². The highest BCUT2D eigenvalue weighted by atomic mass is 32.1. The zero-order valence-corrected chi connectivity index (χ0v) is 11.3. The Balaban J connectivity index is 2.59. The Labute approximate surface area is 115 Å². The van der Waals surface area contributed by atoms with Crippen molar-refractivity contribution in [3.05, 3.63) is 40.7 Å². The van der Waals surface area contributed by atoms with Gasteiger partial charge in [-0.2, -0.15) is 0 Å². The summed E-state index contributed by atoms with van der Waals surface area (Å²) in [6, 6.07) is 3.94. The molecule has 0 radical (unpaired) electrons. The van der Waals surface area contributed by atoms with Gasteiger partial charge in [0.25, 0.3) is 0 Å². The van der Waals surface area contributed by atoms with E-state index in [9.17, 15) is 4.79 Å². The number of carbonyl (C=O) groups is 1. The Morgan fingerprint density at radius 2 is 2.42 bits per heavy atom. The fourth-order valence-corrected chi connectivity index (χ4v) is 1.73. The lowest BCUT2D eigenvalue weighted by Gasteiger charge is -2.05. The summed E-state index contributed by atoms with van der Waals surface area (Å²) in [5, 5.41) is 10.6. The predicted molar refractivity (Wildman–Crippen MR) is 77.2 cm³/mol. The first-order valence-corrected chi connectivity index (χ1v) is 6.50. The maximum atomic E-state index is 10.6. The molecule has 0 spiro atoms. The Kier molecular flexibility index (Phi) is 6.56. The molecule has 0 saturated carbocycles. The van der Waals surface area contributed by atoms with Crippen LogP contribution < -0.4 is 5.73 Å². The van der Waals surface area contributed by atoms with Gasteiger partial charge in [0.2, 0.25) is 0 Å². The lowest BCUT2D eigenvalue weighted by molar-refractivity contribution is -0.148. The number of nitrogens with zero attached hydrogens (tertiary/aromatic N) is 1. The molecule has 3 N–H and O–H groups in total. The van der Waals surface area contributed by atoms with E-state index in [1.807, 2.05) is 23.6 Å². The van der Waals surface area contributed by atoms with E-state index in [-0.39, 0.29) is 6.73 Å². The van der Waals surface area contributed by atoms with Crippen LogP contribution in [0.1, 0.15) is 11.8 Å². The number of ether oxygens (including phenoxy) is 1. The molecule has 5 nitrogen and oxygen atoms in total. The summed E-state index contributed by atoms with van der Waals surface area (Å²) in [7, 11) is 0. The van der Waals surface area contributed by atoms with Crippen molar-refractivity contribution in [2.75, 3.05) is 6.73 Å². The van der Waals surface area contributed by atoms with Gasteiger partial charge < -0.3 is 15.6 Å². The average Bonchev–Trinajstić information content (AvgIpc) is 2.88. The molecular formula is C13H16N2O3S. The van der Waals surface area contributed by atoms with Crippen molar-refractivity contribution >= 4 is 29.1 Å². The van der Waals surface area contributed by atoms with Crippen molar-refractivity contribution in [2.45, 2.75) is 13.0 Å². The maximum absolute atomic E-state index is 10.6. The van der Waals surface area contributed by atoms with Crippen LogP contribution in [0.3, 0.4) is 0 Å². The second-order valence-electron chi connectivity index (χ2n) is 3.57. The summed E-state index contributed by atoms with van der Waals surface area (Å²) in [6.45, 7) is 1.43. The molecule has 0 amide bonds. The van der Waals surface area contributed by atoms with Crippen molar-refractivity contribution in [3.63, 3.8) is 0 Å². The van der Waals surface area contributed by atoms with Gasteiger partial charge in [-0.25, -0.2) is 4.79 Å². The van der Waals surface area contributed by atoms with Crippen LogP contribution in [0, 0.1) is 0 Å². The molecule has 1 aromatic heterocycles. The Morgan fingerprint density at radius 1 is 1.63 bits per heavy atom. The van der Waals surface area contributed by atoms with Crippen molar-refractivity contribution in [1.82, 2.24) is 0 Å². The van der Waals surface area contributed by atoms with Crippen LogP contribution in [0.4, 0.5) is 0 Å². The largest absolute Gasteiger partial charge is 0.479 e. The topological polar surface area (TPSA) is 84.9 Å². The summed E-state index contributed by atoms with van der Waals surface area (Å²) >= 11 is 1.61. The maximum Gasteiger partial charge on any atom is 0.332 e. The number of hydrogen-bond donors (Lipinski definition) is 2. The Hall–Kier alpha value is -1.92. The quantitative estimate of drug-likeness (QED) is 0.749. The highest BCUT2D eigenvalue weighted by molar-refractivity contribution is 7.10. The highest BCUT2D eigenvalue weighted by Gasteiger charge is 2.09. The molecule has 19 heavy (non-hydrogen) atoms. The van der Waals surface area contributed by atoms with Crippen LogP contribution in [-0.4, -0.2) is 29.6 Å². The molecule has 1 atom stereocenters. The molecule has 1 unspecified atom stereocenters. The van der Waals surface area contributed by atoms with Crippen molar-refractivity contribution in [3.8, 4) is 0 Å². The first-order chi connectivity index (χ1) is 9.13. The van der Waals surface area contributed by atoms with Gasteiger partial charge in [0, 0.05) is 4.88 Å². The number of rotatable bonds is 7. The summed E-state index contributed by atoms with van der Waals surface area (Å²) < 4.78 is 5.02. The van der Waals surface area contributed by atoms with Gasteiger partial charge in [-0.05, 0) is 42.8 Å². The van der Waals surface area contributed by atoms with E-state index < -0.39 is 12.1 Å². The summed E-state index contributed by atoms with van der Waals surface area (Å²) in [5.74, 6) is -1.01. The molecule has 0 aromatic carbocycles. The third-order valence-corrected chi connectivity index (χ3v) is 2.99. The second kappa shape index (κ2) is 8.23. The first kappa shape index (κ1) is 15.1. The van der Waals surface area contributed by atoms with Gasteiger partial charge >= 0.3 is 5.97 Å². The molecule has 1 heterocycles. The standard InChI is InChI=1S/C13H16N2O3S/c1-10(13(16)17)18-9-15-11(6-7-14)4-5-12-3-2-8-19-12/h2-8,10H,9,14H2,1H3,(H,16,17)/b5-4+,7-6-,15-11+. The molecule has 0 aliphatic rings. The van der Waals surface area contributed by atoms with Crippen molar-refractivity contribution in [1.29, 1.82) is 0 Å². The number of aliphatic imine (C=N–C) groups is 1. The van der Waals surface area contributed by atoms with E-state index in [1.54, 1.807) is 23.5 Å². The minimum absolute atomic E-state index is 0.0259. The van der Waals surface area contributed by atoms with Crippen LogP contribution in [0.5, 0.6) is 0 Å². The van der Waals surface area contributed by atoms with Crippen molar-refractivity contribution < 1.29 is 14.6 Å². The molecule has 102 valence electrons. The number of thiophene rings is 1. The van der Waals surface area contributed by atoms with E-state index in [0.717, 1.165) is 4.88 Å². The molecular weight excluding hydrogens is 264 g/mol. The molecule has 1 rings (SSSR count). The van der Waals surface area contributed by atoms with Gasteiger partial charge in [-0.15, -0.1) is 11.3 Å². The van der Waals surface area contributed by atoms with Crippen molar-refractivity contribution in [2.24, 2.45) is 10.7 Å². The Bertz CT molecular complexity index is 478. The van der Waals surface area contributed by atoms with Crippen LogP contribution in [0.15, 0.2) is 40.9 Å². The monoisotopic (exact) mass is 280 g/mol. The Morgan fingerprint density at radius 3 is 3.00 bits per heavy atom. The number of carboxylic acid groups (broad SMARTS) is 1. The van der Waals surface area contributed by atoms with Crippen LogP contribution >= 0.6 is 11.3 Å². The summed E-state index contributed by atoms with van der Waals surface area (Å²) in [4.78, 5) is 15.8. The number of carboxylic acids is 1. The highest BCUT2D eigenvalue weighted by Crippen LogP contribution is 2.10. The van der Waals surface area contributed by atoms with Crippen LogP contribution in [0.2, 0.25) is 0 Å². The normalized spacial score (nSPS) is 14.3. The number of hydrogen-bond acceptors (Lipinski definition) is 5. The molecule has 0 bridgehead atoms. The minimum atomic E-state index is -1.01. The number of aliphatic carboxylic acids is 1. The van der Waals surface area contributed by atoms with Crippen LogP contribution in [-0.2, 0) is 9.53 Å².